The molecular weight excluding hydrogens is 180 g/mol. The molecule has 0 aliphatic carbocycles. The van der Waals surface area contributed by atoms with Crippen LogP contribution in [-0.4, -0.2) is 30.7 Å². The molecule has 0 amide bonds. The van der Waals surface area contributed by atoms with E-state index in [-0.39, 0.29) is 12.4 Å². The first-order valence-electron chi connectivity index (χ1n) is 5.51. The number of carbonyl (C=O) groups excluding carboxylic acids is 1. The molecule has 0 saturated carbocycles. The summed E-state index contributed by atoms with van der Waals surface area (Å²) in [5.41, 5.74) is 0. The van der Waals surface area contributed by atoms with Crippen LogP contribution in [0.4, 0.5) is 0 Å². The smallest absolute Gasteiger partial charge is 0.183 e. The van der Waals surface area contributed by atoms with E-state index in [0.29, 0.717) is 6.61 Å². The molecule has 0 heterocycles. The molecule has 0 saturated heterocycles. The molecule has 0 aromatic carbocycles. The van der Waals surface area contributed by atoms with Gasteiger partial charge >= 0.3 is 0 Å². The maximum atomic E-state index is 10.6. The van der Waals surface area contributed by atoms with Crippen molar-refractivity contribution in [2.45, 2.75) is 45.4 Å². The summed E-state index contributed by atoms with van der Waals surface area (Å²) < 4.78 is 5.08. The molecule has 0 radical (unpaired) electrons. The summed E-state index contributed by atoms with van der Waals surface area (Å²) in [6, 6.07) is 0. The summed E-state index contributed by atoms with van der Waals surface area (Å²) in [5.74, 6) is -0.240. The predicted molar refractivity (Wildman–Crippen MR) is 56.3 cm³/mol. The van der Waals surface area contributed by atoms with Crippen LogP contribution in [0, 0.1) is 0 Å². The second-order valence-corrected chi connectivity index (χ2v) is 3.52. The van der Waals surface area contributed by atoms with Crippen LogP contribution in [0.5, 0.6) is 0 Å². The topological polar surface area (TPSA) is 46.5 Å². The Hall–Kier alpha value is -0.410. The molecule has 0 aliphatic rings. The Morgan fingerprint density at radius 1 is 1.14 bits per heavy atom. The lowest BCUT2D eigenvalue weighted by Gasteiger charge is -2.02. The average Bonchev–Trinajstić information content (AvgIpc) is 2.21. The van der Waals surface area contributed by atoms with Gasteiger partial charge in [0, 0.05) is 6.61 Å². The quantitative estimate of drug-likeness (QED) is 0.550. The molecule has 3 nitrogen and oxygen atoms in total. The molecule has 14 heavy (non-hydrogen) atoms. The molecule has 3 heteroatoms. The first-order chi connectivity index (χ1) is 6.81. The minimum absolute atomic E-state index is 0.0610. The molecule has 0 spiro atoms. The molecule has 0 fully saturated rings. The number of aliphatic hydroxyl groups excluding tert-OH is 1. The number of hydrogen-bond acceptors (Lipinski definition) is 3. The normalized spacial score (nSPS) is 10.4. The third-order valence-electron chi connectivity index (χ3n) is 2.08. The van der Waals surface area contributed by atoms with Crippen molar-refractivity contribution in [3.63, 3.8) is 0 Å². The Morgan fingerprint density at radius 3 is 2.43 bits per heavy atom. The third-order valence-corrected chi connectivity index (χ3v) is 2.08. The Balaban J connectivity index is 2.95. The Morgan fingerprint density at radius 2 is 1.79 bits per heavy atom. The van der Waals surface area contributed by atoms with E-state index >= 15 is 0 Å². The van der Waals surface area contributed by atoms with E-state index in [1.54, 1.807) is 0 Å². The maximum absolute atomic E-state index is 10.6. The molecule has 0 rings (SSSR count). The van der Waals surface area contributed by atoms with Crippen LogP contribution in [0.3, 0.4) is 0 Å². The van der Waals surface area contributed by atoms with Crippen molar-refractivity contribution < 1.29 is 14.6 Å². The number of rotatable bonds is 10. The van der Waals surface area contributed by atoms with Crippen LogP contribution in [0.1, 0.15) is 45.4 Å². The van der Waals surface area contributed by atoms with Gasteiger partial charge in [-0.2, -0.15) is 0 Å². The van der Waals surface area contributed by atoms with Crippen LogP contribution in [0.2, 0.25) is 0 Å². The van der Waals surface area contributed by atoms with Crippen molar-refractivity contribution in [2.24, 2.45) is 0 Å². The highest BCUT2D eigenvalue weighted by Crippen LogP contribution is 2.04. The summed E-state index contributed by atoms with van der Waals surface area (Å²) in [5, 5.41) is 8.41. The molecule has 84 valence electrons. The van der Waals surface area contributed by atoms with E-state index in [4.69, 9.17) is 9.84 Å². The molecule has 1 N–H and O–H groups in total. The molecule has 0 aliphatic heterocycles. The number of carbonyl (C=O) groups is 1. The Labute approximate surface area is 86.5 Å². The standard InChI is InChI=1S/C11H22O3/c1-2-3-4-5-6-7-8-14-10-11(13)9-12/h12H,2-10H2,1H3. The summed E-state index contributed by atoms with van der Waals surface area (Å²) in [6.07, 6.45) is 7.32. The highest BCUT2D eigenvalue weighted by molar-refractivity contribution is 5.80. The van der Waals surface area contributed by atoms with Gasteiger partial charge in [-0.15, -0.1) is 0 Å². The minimum atomic E-state index is -0.406. The van der Waals surface area contributed by atoms with E-state index in [1.807, 2.05) is 0 Å². The summed E-state index contributed by atoms with van der Waals surface area (Å²) in [7, 11) is 0. The Bertz CT molecular complexity index is 134. The van der Waals surface area contributed by atoms with Gasteiger partial charge in [0.05, 0.1) is 0 Å². The van der Waals surface area contributed by atoms with Crippen LogP contribution in [0.15, 0.2) is 0 Å². The second kappa shape index (κ2) is 10.7. The van der Waals surface area contributed by atoms with Crippen molar-refractivity contribution in [2.75, 3.05) is 19.8 Å². The van der Waals surface area contributed by atoms with E-state index in [0.717, 1.165) is 6.42 Å². The number of ketones is 1. The largest absolute Gasteiger partial charge is 0.388 e. The van der Waals surface area contributed by atoms with Crippen LogP contribution in [-0.2, 0) is 9.53 Å². The van der Waals surface area contributed by atoms with Crippen molar-refractivity contribution >= 4 is 5.78 Å². The third kappa shape index (κ3) is 9.68. The van der Waals surface area contributed by atoms with Gasteiger partial charge in [-0.05, 0) is 6.42 Å². The SMILES string of the molecule is CCCCCCCCOCC(=O)CO. The van der Waals surface area contributed by atoms with E-state index < -0.39 is 6.61 Å². The van der Waals surface area contributed by atoms with Crippen molar-refractivity contribution in [1.82, 2.24) is 0 Å². The van der Waals surface area contributed by atoms with E-state index in [1.165, 1.54) is 32.1 Å². The van der Waals surface area contributed by atoms with Gasteiger partial charge in [0.25, 0.3) is 0 Å². The predicted octanol–water partition coefficient (Wildman–Crippen LogP) is 1.92. The van der Waals surface area contributed by atoms with Crippen molar-refractivity contribution in [3.8, 4) is 0 Å². The summed E-state index contributed by atoms with van der Waals surface area (Å²) in [6.45, 7) is 2.49. The lowest BCUT2D eigenvalue weighted by atomic mass is 10.1. The molecule has 0 atom stereocenters. The molecule has 0 bridgehead atoms. The fraction of sp³-hybridized carbons (Fsp3) is 0.909. The number of aliphatic hydroxyl groups is 1. The molecule has 0 unspecified atom stereocenters. The van der Waals surface area contributed by atoms with Gasteiger partial charge in [-0.1, -0.05) is 39.0 Å². The Kier molecular flexibility index (Phi) is 10.4. The fourth-order valence-electron chi connectivity index (χ4n) is 1.22. The lowest BCUT2D eigenvalue weighted by molar-refractivity contribution is -0.126. The van der Waals surface area contributed by atoms with Gasteiger partial charge < -0.3 is 9.84 Å². The van der Waals surface area contributed by atoms with Gasteiger partial charge in [0.1, 0.15) is 13.2 Å². The van der Waals surface area contributed by atoms with Crippen LogP contribution in [0.25, 0.3) is 0 Å². The maximum Gasteiger partial charge on any atom is 0.183 e. The van der Waals surface area contributed by atoms with Gasteiger partial charge in [-0.3, -0.25) is 4.79 Å². The monoisotopic (exact) mass is 202 g/mol. The number of unbranched alkanes of at least 4 members (excludes halogenated alkanes) is 5. The van der Waals surface area contributed by atoms with Crippen molar-refractivity contribution in [1.29, 1.82) is 0 Å². The molecule has 0 aromatic rings. The van der Waals surface area contributed by atoms with E-state index in [2.05, 4.69) is 6.92 Å². The lowest BCUT2D eigenvalue weighted by Crippen LogP contribution is -2.12. The van der Waals surface area contributed by atoms with Gasteiger partial charge in [0.2, 0.25) is 0 Å². The fourth-order valence-corrected chi connectivity index (χ4v) is 1.22. The zero-order chi connectivity index (χ0) is 10.6. The minimum Gasteiger partial charge on any atom is -0.388 e. The first-order valence-corrected chi connectivity index (χ1v) is 5.51. The summed E-state index contributed by atoms with van der Waals surface area (Å²) >= 11 is 0. The first kappa shape index (κ1) is 13.6. The summed E-state index contributed by atoms with van der Waals surface area (Å²) in [4.78, 5) is 10.6. The number of ether oxygens (including phenoxy) is 1. The van der Waals surface area contributed by atoms with Gasteiger partial charge in [0.15, 0.2) is 5.78 Å². The zero-order valence-electron chi connectivity index (χ0n) is 9.13. The highest BCUT2D eigenvalue weighted by Gasteiger charge is 1.98. The molecular formula is C11H22O3. The zero-order valence-corrected chi connectivity index (χ0v) is 9.13. The molecule has 0 aromatic heterocycles. The van der Waals surface area contributed by atoms with E-state index in [9.17, 15) is 4.79 Å². The second-order valence-electron chi connectivity index (χ2n) is 3.52. The van der Waals surface area contributed by atoms with Crippen LogP contribution >= 0.6 is 0 Å². The highest BCUT2D eigenvalue weighted by atomic mass is 16.5. The van der Waals surface area contributed by atoms with Crippen molar-refractivity contribution in [3.05, 3.63) is 0 Å². The number of Topliss-reactive ketones (excluding diaryl/α,β-unsaturated/α-hetero) is 1. The number of hydrogen-bond donors (Lipinski definition) is 1. The van der Waals surface area contributed by atoms with Gasteiger partial charge in [-0.25, -0.2) is 0 Å². The average molecular weight is 202 g/mol. The van der Waals surface area contributed by atoms with Crippen LogP contribution < -0.4 is 0 Å².